The highest BCUT2D eigenvalue weighted by atomic mass is 16.7. The van der Waals surface area contributed by atoms with Crippen LogP contribution in [0.2, 0.25) is 0 Å². The smallest absolute Gasteiger partial charge is 0.185 e. The van der Waals surface area contributed by atoms with E-state index in [0.29, 0.717) is 6.42 Å². The third-order valence-electron chi connectivity index (χ3n) is 6.58. The Morgan fingerprint density at radius 1 is 0.935 bits per heavy atom. The molecule has 1 aliphatic carbocycles. The molecule has 0 amide bonds. The lowest BCUT2D eigenvalue weighted by atomic mass is 9.84. The summed E-state index contributed by atoms with van der Waals surface area (Å²) in [5, 5.41) is 31.6. The summed E-state index contributed by atoms with van der Waals surface area (Å²) in [4.78, 5) is 0. The van der Waals surface area contributed by atoms with Gasteiger partial charge in [0.05, 0.1) is 24.8 Å². The van der Waals surface area contributed by atoms with E-state index in [1.54, 1.807) is 0 Å². The second-order valence-corrected chi connectivity index (χ2v) is 9.45. The zero-order valence-corrected chi connectivity index (χ0v) is 18.1. The first-order valence-corrected chi connectivity index (χ1v) is 10.9. The Morgan fingerprint density at radius 2 is 1.52 bits per heavy atom. The molecule has 3 fully saturated rings. The molecule has 0 bridgehead atoms. The van der Waals surface area contributed by atoms with E-state index >= 15 is 0 Å². The molecule has 13 atom stereocenters. The molecule has 0 unspecified atom stereocenters. The van der Waals surface area contributed by atoms with Gasteiger partial charge in [-0.15, -0.1) is 0 Å². The van der Waals surface area contributed by atoms with Gasteiger partial charge >= 0.3 is 0 Å². The molecule has 3 aliphatic rings. The quantitative estimate of drug-likeness (QED) is 0.202. The number of nitrogens with two attached hydrogens (primary N) is 5. The summed E-state index contributed by atoms with van der Waals surface area (Å²) in [5.74, 6) is 0. The first-order chi connectivity index (χ1) is 14.4. The molecule has 1 saturated carbocycles. The van der Waals surface area contributed by atoms with Crippen molar-refractivity contribution in [3.63, 3.8) is 0 Å². The highest BCUT2D eigenvalue weighted by molar-refractivity contribution is 5.01. The monoisotopic (exact) mass is 449 g/mol. The second-order valence-electron chi connectivity index (χ2n) is 9.45. The van der Waals surface area contributed by atoms with E-state index in [-0.39, 0.29) is 25.2 Å². The average Bonchev–Trinajstić information content (AvgIpc) is 2.69. The van der Waals surface area contributed by atoms with Crippen LogP contribution < -0.4 is 28.7 Å². The van der Waals surface area contributed by atoms with Crippen molar-refractivity contribution >= 4 is 0 Å². The standard InChI is InChI=1S/C19H39N5O7/c1-7(20)11-4-3-8(21)17(29-11)30-14-9(22)5-10(23)15(12(14)25)31-18-13(26)16(24)19(2,27)6-28-18/h7-18,25-27H,3-6,20-24H2,1-2H3/t7-,8-,9+,10-,11+,12+,13-,14-,15+,16-,17-,18-,19+/m1/s1. The van der Waals surface area contributed by atoms with Gasteiger partial charge in [-0.1, -0.05) is 0 Å². The van der Waals surface area contributed by atoms with Crippen molar-refractivity contribution < 1.29 is 34.3 Å². The first kappa shape index (κ1) is 25.1. The van der Waals surface area contributed by atoms with Crippen LogP contribution in [0.5, 0.6) is 0 Å². The van der Waals surface area contributed by atoms with Crippen molar-refractivity contribution in [1.29, 1.82) is 0 Å². The van der Waals surface area contributed by atoms with Crippen molar-refractivity contribution in [1.82, 2.24) is 0 Å². The molecule has 0 aromatic heterocycles. The SMILES string of the molecule is C[C@@H](N)[C@@H]1CC[C@@H](N)[C@@H](O[C@H]2[C@H](O)[C@@H](O[C@H]3OC[C@](C)(O)[C@H](N)[C@H]3O)[C@H](N)C[C@@H]2N)O1. The number of rotatable bonds is 5. The number of hydrogen-bond donors (Lipinski definition) is 8. The predicted octanol–water partition coefficient (Wildman–Crippen LogP) is -3.85. The van der Waals surface area contributed by atoms with Gasteiger partial charge in [-0.05, 0) is 33.1 Å². The Morgan fingerprint density at radius 3 is 2.10 bits per heavy atom. The van der Waals surface area contributed by atoms with E-state index in [1.165, 1.54) is 6.92 Å². The topological polar surface area (TPSA) is 228 Å². The van der Waals surface area contributed by atoms with Crippen LogP contribution in [0.15, 0.2) is 0 Å². The lowest BCUT2D eigenvalue weighted by Gasteiger charge is -2.48. The van der Waals surface area contributed by atoms with Gasteiger partial charge in [0, 0.05) is 18.1 Å². The van der Waals surface area contributed by atoms with E-state index in [4.69, 9.17) is 47.6 Å². The maximum Gasteiger partial charge on any atom is 0.185 e. The molecule has 12 nitrogen and oxygen atoms in total. The van der Waals surface area contributed by atoms with E-state index in [9.17, 15) is 15.3 Å². The molecule has 0 aromatic carbocycles. The number of hydrogen-bond acceptors (Lipinski definition) is 12. The number of aliphatic hydroxyl groups is 3. The molecule has 12 heteroatoms. The first-order valence-electron chi connectivity index (χ1n) is 10.9. The maximum absolute atomic E-state index is 11.0. The fraction of sp³-hybridized carbons (Fsp3) is 1.00. The van der Waals surface area contributed by atoms with E-state index < -0.39 is 66.8 Å². The van der Waals surface area contributed by atoms with Gasteiger partial charge in [0.15, 0.2) is 12.6 Å². The van der Waals surface area contributed by atoms with E-state index in [0.717, 1.165) is 6.42 Å². The summed E-state index contributed by atoms with van der Waals surface area (Å²) < 4.78 is 23.2. The van der Waals surface area contributed by atoms with Gasteiger partial charge in [-0.25, -0.2) is 0 Å². The molecule has 0 spiro atoms. The zero-order chi connectivity index (χ0) is 23.1. The summed E-state index contributed by atoms with van der Waals surface area (Å²) in [5.41, 5.74) is 29.0. The number of aliphatic hydroxyl groups excluding tert-OH is 2. The minimum Gasteiger partial charge on any atom is -0.388 e. The molecule has 2 heterocycles. The lowest BCUT2D eigenvalue weighted by molar-refractivity contribution is -0.305. The fourth-order valence-electron chi connectivity index (χ4n) is 4.41. The Kier molecular flexibility index (Phi) is 7.94. The van der Waals surface area contributed by atoms with Gasteiger partial charge in [0.1, 0.15) is 30.0 Å². The predicted molar refractivity (Wildman–Crippen MR) is 110 cm³/mol. The third-order valence-corrected chi connectivity index (χ3v) is 6.58. The molecule has 0 radical (unpaired) electrons. The summed E-state index contributed by atoms with van der Waals surface area (Å²) in [7, 11) is 0. The Hall–Kier alpha value is -0.480. The lowest BCUT2D eigenvalue weighted by Crippen LogP contribution is -2.68. The highest BCUT2D eigenvalue weighted by Gasteiger charge is 2.50. The minimum atomic E-state index is -1.41. The molecule has 182 valence electrons. The van der Waals surface area contributed by atoms with Crippen LogP contribution in [-0.4, -0.2) is 101 Å². The molecule has 0 aromatic rings. The van der Waals surface area contributed by atoms with Gasteiger partial charge in [-0.3, -0.25) is 0 Å². The van der Waals surface area contributed by atoms with Crippen LogP contribution in [-0.2, 0) is 18.9 Å². The van der Waals surface area contributed by atoms with Crippen LogP contribution in [0.4, 0.5) is 0 Å². The Bertz CT molecular complexity index is 584. The van der Waals surface area contributed by atoms with Crippen LogP contribution >= 0.6 is 0 Å². The Balaban J connectivity index is 1.68. The summed E-state index contributed by atoms with van der Waals surface area (Å²) in [6.45, 7) is 3.17. The summed E-state index contributed by atoms with van der Waals surface area (Å²) >= 11 is 0. The molecule has 3 rings (SSSR count). The van der Waals surface area contributed by atoms with Crippen LogP contribution in [0.25, 0.3) is 0 Å². The average molecular weight is 450 g/mol. The fourth-order valence-corrected chi connectivity index (χ4v) is 4.41. The molecule has 13 N–H and O–H groups in total. The normalized spacial score (nSPS) is 52.6. The molecule has 2 saturated heterocycles. The zero-order valence-electron chi connectivity index (χ0n) is 18.1. The second kappa shape index (κ2) is 9.79. The third kappa shape index (κ3) is 5.37. The van der Waals surface area contributed by atoms with Gasteiger partial charge in [-0.2, -0.15) is 0 Å². The van der Waals surface area contributed by atoms with Crippen LogP contribution in [0, 0.1) is 0 Å². The van der Waals surface area contributed by atoms with Crippen molar-refractivity contribution in [3.05, 3.63) is 0 Å². The van der Waals surface area contributed by atoms with Crippen LogP contribution in [0.3, 0.4) is 0 Å². The molecule has 2 aliphatic heterocycles. The summed E-state index contributed by atoms with van der Waals surface area (Å²) in [6, 6.07) is -2.82. The van der Waals surface area contributed by atoms with E-state index in [1.807, 2.05) is 6.92 Å². The van der Waals surface area contributed by atoms with Crippen LogP contribution in [0.1, 0.15) is 33.1 Å². The molecular formula is C19H39N5O7. The van der Waals surface area contributed by atoms with Gasteiger partial charge in [0.25, 0.3) is 0 Å². The van der Waals surface area contributed by atoms with Gasteiger partial charge in [0.2, 0.25) is 0 Å². The number of ether oxygens (including phenoxy) is 4. The largest absolute Gasteiger partial charge is 0.388 e. The van der Waals surface area contributed by atoms with Crippen molar-refractivity contribution in [2.45, 2.75) is 112 Å². The Labute approximate surface area is 182 Å². The van der Waals surface area contributed by atoms with E-state index in [2.05, 4.69) is 0 Å². The van der Waals surface area contributed by atoms with Gasteiger partial charge < -0.3 is 62.9 Å². The van der Waals surface area contributed by atoms with Crippen molar-refractivity contribution in [3.8, 4) is 0 Å². The van der Waals surface area contributed by atoms with Crippen molar-refractivity contribution in [2.24, 2.45) is 28.7 Å². The summed E-state index contributed by atoms with van der Waals surface area (Å²) in [6.07, 6.45) is -4.89. The van der Waals surface area contributed by atoms with Crippen molar-refractivity contribution in [2.75, 3.05) is 6.61 Å². The molecular weight excluding hydrogens is 410 g/mol. The highest BCUT2D eigenvalue weighted by Crippen LogP contribution is 2.31. The maximum atomic E-state index is 11.0. The molecule has 31 heavy (non-hydrogen) atoms. The minimum absolute atomic E-state index is 0.142.